The molecule has 0 aliphatic heterocycles. The molecule has 1 N–H and O–H groups in total. The van der Waals surface area contributed by atoms with E-state index in [4.69, 9.17) is 10.4 Å². The first-order valence-corrected chi connectivity index (χ1v) is 5.85. The quantitative estimate of drug-likeness (QED) is 0.792. The van der Waals surface area contributed by atoms with Gasteiger partial charge in [-0.15, -0.1) is 11.8 Å². The lowest BCUT2D eigenvalue weighted by Gasteiger charge is -2.13. The maximum Gasteiger partial charge on any atom is 0.115 e. The number of hydrogen-bond acceptors (Lipinski definition) is 3. The zero-order valence-electron chi connectivity index (χ0n) is 9.03. The standard InChI is InChI=1S/C12H15NOS/c1-12(2,9-13)7-8-15-11-5-3-10(14)4-6-11/h3-6,14H,7-8H2,1-2H3. The molecule has 0 bridgehead atoms. The lowest BCUT2D eigenvalue weighted by molar-refractivity contribution is 0.474. The van der Waals surface area contributed by atoms with Crippen LogP contribution in [0.1, 0.15) is 20.3 Å². The molecule has 2 nitrogen and oxygen atoms in total. The fraction of sp³-hybridized carbons (Fsp3) is 0.417. The highest BCUT2D eigenvalue weighted by Crippen LogP contribution is 2.26. The van der Waals surface area contributed by atoms with Gasteiger partial charge in [-0.05, 0) is 50.3 Å². The predicted octanol–water partition coefficient (Wildman–Crippen LogP) is 3.42. The second-order valence-electron chi connectivity index (χ2n) is 4.09. The third kappa shape index (κ3) is 4.26. The first-order valence-electron chi connectivity index (χ1n) is 4.86. The average molecular weight is 221 g/mol. The van der Waals surface area contributed by atoms with Crippen LogP contribution >= 0.6 is 11.8 Å². The van der Waals surface area contributed by atoms with E-state index < -0.39 is 0 Å². The van der Waals surface area contributed by atoms with Crippen LogP contribution < -0.4 is 0 Å². The third-order valence-corrected chi connectivity index (χ3v) is 3.15. The second-order valence-corrected chi connectivity index (χ2v) is 5.26. The molecular formula is C12H15NOS. The van der Waals surface area contributed by atoms with Gasteiger partial charge in [-0.1, -0.05) is 0 Å². The van der Waals surface area contributed by atoms with Crippen LogP contribution in [0.2, 0.25) is 0 Å². The molecule has 0 spiro atoms. The van der Waals surface area contributed by atoms with E-state index in [1.54, 1.807) is 23.9 Å². The van der Waals surface area contributed by atoms with Crippen LogP contribution in [-0.2, 0) is 0 Å². The summed E-state index contributed by atoms with van der Waals surface area (Å²) < 4.78 is 0. The Morgan fingerprint density at radius 3 is 2.47 bits per heavy atom. The van der Waals surface area contributed by atoms with E-state index in [9.17, 15) is 0 Å². The molecule has 3 heteroatoms. The molecule has 1 rings (SSSR count). The molecular weight excluding hydrogens is 206 g/mol. The van der Waals surface area contributed by atoms with Gasteiger partial charge in [-0.25, -0.2) is 0 Å². The molecule has 0 aliphatic rings. The van der Waals surface area contributed by atoms with Gasteiger partial charge >= 0.3 is 0 Å². The van der Waals surface area contributed by atoms with Gasteiger partial charge in [0.25, 0.3) is 0 Å². The molecule has 0 aliphatic carbocycles. The highest BCUT2D eigenvalue weighted by atomic mass is 32.2. The first kappa shape index (κ1) is 11.9. The highest BCUT2D eigenvalue weighted by molar-refractivity contribution is 7.99. The minimum atomic E-state index is -0.246. The van der Waals surface area contributed by atoms with E-state index >= 15 is 0 Å². The number of rotatable bonds is 4. The number of aromatic hydroxyl groups is 1. The molecule has 0 amide bonds. The van der Waals surface area contributed by atoms with Crippen LogP contribution in [0.15, 0.2) is 29.2 Å². The van der Waals surface area contributed by atoms with Gasteiger partial charge in [-0.3, -0.25) is 0 Å². The molecule has 1 aromatic carbocycles. The van der Waals surface area contributed by atoms with Gasteiger partial charge in [0.1, 0.15) is 5.75 Å². The van der Waals surface area contributed by atoms with Crippen molar-refractivity contribution in [2.75, 3.05) is 5.75 Å². The molecule has 15 heavy (non-hydrogen) atoms. The van der Waals surface area contributed by atoms with Crippen molar-refractivity contribution < 1.29 is 5.11 Å². The van der Waals surface area contributed by atoms with Crippen molar-refractivity contribution in [1.82, 2.24) is 0 Å². The SMILES string of the molecule is CC(C)(C#N)CCSc1ccc(O)cc1. The molecule has 1 aromatic rings. The Hall–Kier alpha value is -1.14. The average Bonchev–Trinajstić information content (AvgIpc) is 2.21. The van der Waals surface area contributed by atoms with Gasteiger partial charge in [0.2, 0.25) is 0 Å². The van der Waals surface area contributed by atoms with Gasteiger partial charge in [0, 0.05) is 4.90 Å². The lowest BCUT2D eigenvalue weighted by atomic mass is 9.93. The van der Waals surface area contributed by atoms with Crippen LogP contribution in [0.3, 0.4) is 0 Å². The summed E-state index contributed by atoms with van der Waals surface area (Å²) in [4.78, 5) is 1.13. The smallest absolute Gasteiger partial charge is 0.115 e. The van der Waals surface area contributed by atoms with Crippen molar-refractivity contribution in [2.45, 2.75) is 25.2 Å². The summed E-state index contributed by atoms with van der Waals surface area (Å²) in [6.07, 6.45) is 0.870. The van der Waals surface area contributed by atoms with Crippen LogP contribution in [0.25, 0.3) is 0 Å². The van der Waals surface area contributed by atoms with E-state index in [2.05, 4.69) is 6.07 Å². The normalized spacial score (nSPS) is 11.0. The fourth-order valence-electron chi connectivity index (χ4n) is 1.02. The summed E-state index contributed by atoms with van der Waals surface area (Å²) in [5.74, 6) is 1.21. The fourth-order valence-corrected chi connectivity index (χ4v) is 2.20. The minimum Gasteiger partial charge on any atom is -0.508 e. The van der Waals surface area contributed by atoms with Gasteiger partial charge in [0.05, 0.1) is 11.5 Å². The van der Waals surface area contributed by atoms with E-state index in [1.165, 1.54) is 0 Å². The van der Waals surface area contributed by atoms with Crippen molar-refractivity contribution in [3.8, 4) is 11.8 Å². The number of phenols is 1. The Bertz CT molecular complexity index is 351. The maximum absolute atomic E-state index is 9.10. The highest BCUT2D eigenvalue weighted by Gasteiger charge is 2.15. The molecule has 0 saturated carbocycles. The van der Waals surface area contributed by atoms with Crippen molar-refractivity contribution in [3.05, 3.63) is 24.3 Å². The van der Waals surface area contributed by atoms with E-state index in [-0.39, 0.29) is 11.2 Å². The molecule has 0 aromatic heterocycles. The van der Waals surface area contributed by atoms with Gasteiger partial charge in [0.15, 0.2) is 0 Å². The number of thioether (sulfide) groups is 1. The Kier molecular flexibility index (Phi) is 4.05. The van der Waals surface area contributed by atoms with Crippen molar-refractivity contribution in [3.63, 3.8) is 0 Å². The zero-order valence-corrected chi connectivity index (χ0v) is 9.84. The molecule has 0 heterocycles. The van der Waals surface area contributed by atoms with Gasteiger partial charge in [-0.2, -0.15) is 5.26 Å². The number of nitriles is 1. The maximum atomic E-state index is 9.10. The summed E-state index contributed by atoms with van der Waals surface area (Å²) >= 11 is 1.71. The van der Waals surface area contributed by atoms with E-state index in [1.807, 2.05) is 26.0 Å². The molecule has 0 fully saturated rings. The van der Waals surface area contributed by atoms with Crippen molar-refractivity contribution in [2.24, 2.45) is 5.41 Å². The summed E-state index contributed by atoms with van der Waals surface area (Å²) in [7, 11) is 0. The second kappa shape index (κ2) is 5.09. The van der Waals surface area contributed by atoms with Crippen LogP contribution in [0, 0.1) is 16.7 Å². The topological polar surface area (TPSA) is 44.0 Å². The predicted molar refractivity (Wildman–Crippen MR) is 62.8 cm³/mol. The summed E-state index contributed by atoms with van der Waals surface area (Å²) in [5, 5.41) is 17.9. The van der Waals surface area contributed by atoms with Gasteiger partial charge < -0.3 is 5.11 Å². The molecule has 0 radical (unpaired) electrons. The molecule has 0 atom stereocenters. The van der Waals surface area contributed by atoms with E-state index in [0.717, 1.165) is 17.1 Å². The molecule has 0 saturated heterocycles. The molecule has 0 unspecified atom stereocenters. The number of benzene rings is 1. The Morgan fingerprint density at radius 1 is 1.33 bits per heavy atom. The van der Waals surface area contributed by atoms with Crippen LogP contribution in [0.5, 0.6) is 5.75 Å². The summed E-state index contributed by atoms with van der Waals surface area (Å²) in [6, 6.07) is 9.42. The zero-order chi connectivity index (χ0) is 11.3. The number of hydrogen-bond donors (Lipinski definition) is 1. The van der Waals surface area contributed by atoms with E-state index in [0.29, 0.717) is 0 Å². The Labute approximate surface area is 94.9 Å². The third-order valence-electron chi connectivity index (χ3n) is 2.14. The number of nitrogens with zero attached hydrogens (tertiary/aromatic N) is 1. The first-order chi connectivity index (χ1) is 7.03. The lowest BCUT2D eigenvalue weighted by Crippen LogP contribution is -2.08. The van der Waals surface area contributed by atoms with Crippen molar-refractivity contribution >= 4 is 11.8 Å². The monoisotopic (exact) mass is 221 g/mol. The minimum absolute atomic E-state index is 0.246. The Balaban J connectivity index is 2.39. The van der Waals surface area contributed by atoms with Crippen LogP contribution in [0.4, 0.5) is 0 Å². The summed E-state index contributed by atoms with van der Waals surface area (Å²) in [6.45, 7) is 3.90. The molecule has 80 valence electrons. The number of phenolic OH excluding ortho intramolecular Hbond substituents is 1. The van der Waals surface area contributed by atoms with Crippen molar-refractivity contribution in [1.29, 1.82) is 5.26 Å². The summed E-state index contributed by atoms with van der Waals surface area (Å²) in [5.41, 5.74) is -0.246. The Morgan fingerprint density at radius 2 is 1.93 bits per heavy atom. The van der Waals surface area contributed by atoms with Crippen LogP contribution in [-0.4, -0.2) is 10.9 Å². The largest absolute Gasteiger partial charge is 0.508 e.